The summed E-state index contributed by atoms with van der Waals surface area (Å²) >= 11 is 5.81. The van der Waals surface area contributed by atoms with Gasteiger partial charge < -0.3 is 24.6 Å². The van der Waals surface area contributed by atoms with Gasteiger partial charge in [0.2, 0.25) is 0 Å². The quantitative estimate of drug-likeness (QED) is 0.431. The van der Waals surface area contributed by atoms with Crippen molar-refractivity contribution in [2.75, 3.05) is 38.0 Å². The summed E-state index contributed by atoms with van der Waals surface area (Å²) in [6, 6.07) is 24.5. The third-order valence-corrected chi connectivity index (χ3v) is 5.42. The summed E-state index contributed by atoms with van der Waals surface area (Å²) < 4.78 is 10.8. The van der Waals surface area contributed by atoms with Gasteiger partial charge in [-0.25, -0.2) is 0 Å². The van der Waals surface area contributed by atoms with Gasteiger partial charge in [0, 0.05) is 38.6 Å². The summed E-state index contributed by atoms with van der Waals surface area (Å²) in [6.45, 7) is 4.00. The smallest absolute Gasteiger partial charge is 0.174 e. The molecule has 0 atom stereocenters. The van der Waals surface area contributed by atoms with E-state index < -0.39 is 0 Å². The Balaban J connectivity index is 1.76. The summed E-state index contributed by atoms with van der Waals surface area (Å²) in [5.74, 6) is 1.69. The minimum absolute atomic E-state index is 0.646. The Morgan fingerprint density at radius 3 is 1.84 bits per heavy atom. The van der Waals surface area contributed by atoms with Gasteiger partial charge in [0.1, 0.15) is 11.5 Å². The number of hydrogen-bond donors (Lipinski definition) is 1. The molecular formula is C26H31N3O2S. The Labute approximate surface area is 196 Å². The molecule has 3 aromatic carbocycles. The van der Waals surface area contributed by atoms with Crippen molar-refractivity contribution in [1.82, 2.24) is 4.90 Å². The van der Waals surface area contributed by atoms with Crippen molar-refractivity contribution < 1.29 is 9.47 Å². The van der Waals surface area contributed by atoms with E-state index >= 15 is 0 Å². The van der Waals surface area contributed by atoms with E-state index in [9.17, 15) is 0 Å². The molecule has 168 valence electrons. The Morgan fingerprint density at radius 2 is 1.34 bits per heavy atom. The molecule has 0 saturated heterocycles. The number of anilines is 2. The van der Waals surface area contributed by atoms with Crippen LogP contribution >= 0.6 is 12.2 Å². The number of rotatable bonds is 9. The fourth-order valence-corrected chi connectivity index (χ4v) is 3.52. The molecule has 32 heavy (non-hydrogen) atoms. The van der Waals surface area contributed by atoms with Crippen LogP contribution in [0.4, 0.5) is 11.4 Å². The van der Waals surface area contributed by atoms with E-state index in [4.69, 9.17) is 21.7 Å². The molecule has 0 amide bonds. The molecule has 3 aromatic rings. The molecule has 3 rings (SSSR count). The topological polar surface area (TPSA) is 37.0 Å². The summed E-state index contributed by atoms with van der Waals surface area (Å²) in [4.78, 5) is 4.26. The zero-order chi connectivity index (χ0) is 22.9. The normalized spacial score (nSPS) is 10.4. The summed E-state index contributed by atoms with van der Waals surface area (Å²) in [5, 5.41) is 4.04. The molecular weight excluding hydrogens is 418 g/mol. The van der Waals surface area contributed by atoms with Gasteiger partial charge in [0.05, 0.1) is 13.7 Å². The van der Waals surface area contributed by atoms with E-state index in [1.54, 1.807) is 7.11 Å². The molecule has 0 unspecified atom stereocenters. The van der Waals surface area contributed by atoms with Crippen LogP contribution in [-0.2, 0) is 13.1 Å². The Hall–Kier alpha value is -3.25. The predicted molar refractivity (Wildman–Crippen MR) is 137 cm³/mol. The van der Waals surface area contributed by atoms with E-state index in [-0.39, 0.29) is 0 Å². The van der Waals surface area contributed by atoms with Crippen molar-refractivity contribution in [2.24, 2.45) is 0 Å². The predicted octanol–water partition coefficient (Wildman–Crippen LogP) is 5.56. The van der Waals surface area contributed by atoms with Crippen molar-refractivity contribution >= 4 is 28.7 Å². The maximum Gasteiger partial charge on any atom is 0.174 e. The van der Waals surface area contributed by atoms with Crippen molar-refractivity contribution in [3.8, 4) is 11.5 Å². The molecule has 1 N–H and O–H groups in total. The van der Waals surface area contributed by atoms with E-state index in [0.29, 0.717) is 24.8 Å². The van der Waals surface area contributed by atoms with Gasteiger partial charge in [-0.1, -0.05) is 24.3 Å². The highest BCUT2D eigenvalue weighted by atomic mass is 32.1. The molecule has 0 aromatic heterocycles. The van der Waals surface area contributed by atoms with E-state index in [0.717, 1.165) is 22.7 Å². The average Bonchev–Trinajstić information content (AvgIpc) is 2.81. The van der Waals surface area contributed by atoms with E-state index in [2.05, 4.69) is 51.5 Å². The molecule has 0 saturated carbocycles. The molecule has 0 heterocycles. The minimum atomic E-state index is 0.646. The van der Waals surface area contributed by atoms with Gasteiger partial charge in [0.25, 0.3) is 0 Å². The highest BCUT2D eigenvalue weighted by molar-refractivity contribution is 7.80. The Morgan fingerprint density at radius 1 is 0.812 bits per heavy atom. The van der Waals surface area contributed by atoms with Gasteiger partial charge in [0.15, 0.2) is 5.11 Å². The van der Waals surface area contributed by atoms with Crippen LogP contribution < -0.4 is 19.7 Å². The molecule has 6 heteroatoms. The third kappa shape index (κ3) is 6.62. The fraction of sp³-hybridized carbons (Fsp3) is 0.269. The molecule has 0 aliphatic rings. The van der Waals surface area contributed by atoms with Crippen LogP contribution in [0.15, 0.2) is 72.8 Å². The summed E-state index contributed by atoms with van der Waals surface area (Å²) in [7, 11) is 5.76. The number of methoxy groups -OCH3 is 1. The first kappa shape index (κ1) is 23.4. The number of nitrogens with one attached hydrogen (secondary N) is 1. The highest BCUT2D eigenvalue weighted by Gasteiger charge is 2.13. The lowest BCUT2D eigenvalue weighted by molar-refractivity contribution is 0.340. The second-order valence-electron chi connectivity index (χ2n) is 7.65. The summed E-state index contributed by atoms with van der Waals surface area (Å²) in [5.41, 5.74) is 4.46. The second-order valence-corrected chi connectivity index (χ2v) is 8.04. The maximum atomic E-state index is 5.81. The largest absolute Gasteiger partial charge is 0.497 e. The molecule has 0 fully saturated rings. The Kier molecular flexibility index (Phi) is 8.34. The Bertz CT molecular complexity index is 987. The zero-order valence-electron chi connectivity index (χ0n) is 19.2. The number of nitrogens with zero attached hydrogens (tertiary/aromatic N) is 2. The number of benzene rings is 3. The monoisotopic (exact) mass is 449 g/mol. The van der Waals surface area contributed by atoms with Gasteiger partial charge in [-0.2, -0.15) is 0 Å². The van der Waals surface area contributed by atoms with Crippen LogP contribution in [0, 0.1) is 0 Å². The van der Waals surface area contributed by atoms with Gasteiger partial charge >= 0.3 is 0 Å². The molecule has 0 aliphatic carbocycles. The lowest BCUT2D eigenvalue weighted by Crippen LogP contribution is -2.33. The number of thiocarbonyl (C=S) groups is 1. The van der Waals surface area contributed by atoms with Crippen LogP contribution in [0.1, 0.15) is 18.1 Å². The van der Waals surface area contributed by atoms with Crippen molar-refractivity contribution in [3.63, 3.8) is 0 Å². The standard InChI is InChI=1S/C26H31N3O2S/c1-5-31-25-16-10-22(11-17-25)27-26(32)29(19-21-8-14-24(30-4)15-9-21)18-20-6-12-23(13-7-20)28(2)3/h6-17H,5,18-19H2,1-4H3,(H,27,32). The number of ether oxygens (including phenoxy) is 2. The lowest BCUT2D eigenvalue weighted by Gasteiger charge is -2.27. The van der Waals surface area contributed by atoms with Crippen LogP contribution in [0.25, 0.3) is 0 Å². The SMILES string of the molecule is CCOc1ccc(NC(=S)N(Cc2ccc(OC)cc2)Cc2ccc(N(C)C)cc2)cc1. The van der Waals surface area contributed by atoms with Crippen LogP contribution in [0.5, 0.6) is 11.5 Å². The second kappa shape index (κ2) is 11.4. The third-order valence-electron chi connectivity index (χ3n) is 5.06. The number of hydrogen-bond acceptors (Lipinski definition) is 4. The van der Waals surface area contributed by atoms with E-state index in [1.807, 2.05) is 57.4 Å². The molecule has 0 spiro atoms. The highest BCUT2D eigenvalue weighted by Crippen LogP contribution is 2.20. The van der Waals surface area contributed by atoms with Crippen molar-refractivity contribution in [2.45, 2.75) is 20.0 Å². The van der Waals surface area contributed by atoms with Crippen LogP contribution in [0.2, 0.25) is 0 Å². The fourth-order valence-electron chi connectivity index (χ4n) is 3.27. The van der Waals surface area contributed by atoms with Gasteiger partial charge in [-0.15, -0.1) is 0 Å². The molecule has 0 bridgehead atoms. The first-order chi connectivity index (χ1) is 15.5. The first-order valence-corrected chi connectivity index (χ1v) is 11.1. The molecule has 5 nitrogen and oxygen atoms in total. The van der Waals surface area contributed by atoms with Crippen LogP contribution in [-0.4, -0.2) is 37.8 Å². The molecule has 0 aliphatic heterocycles. The maximum absolute atomic E-state index is 5.81. The summed E-state index contributed by atoms with van der Waals surface area (Å²) in [6.07, 6.45) is 0. The lowest BCUT2D eigenvalue weighted by atomic mass is 10.1. The molecule has 0 radical (unpaired) electrons. The van der Waals surface area contributed by atoms with E-state index in [1.165, 1.54) is 11.3 Å². The zero-order valence-corrected chi connectivity index (χ0v) is 20.0. The average molecular weight is 450 g/mol. The van der Waals surface area contributed by atoms with Crippen molar-refractivity contribution in [3.05, 3.63) is 83.9 Å². The van der Waals surface area contributed by atoms with Crippen LogP contribution in [0.3, 0.4) is 0 Å². The van der Waals surface area contributed by atoms with Crippen molar-refractivity contribution in [1.29, 1.82) is 0 Å². The van der Waals surface area contributed by atoms with Gasteiger partial charge in [-0.3, -0.25) is 0 Å². The van der Waals surface area contributed by atoms with Gasteiger partial charge in [-0.05, 0) is 78.8 Å². The minimum Gasteiger partial charge on any atom is -0.497 e. The first-order valence-electron chi connectivity index (χ1n) is 10.7.